The van der Waals surface area contributed by atoms with Gasteiger partial charge in [-0.25, -0.2) is 23.8 Å². The molecule has 3 amide bonds. The smallest absolute Gasteiger partial charge is 0.368 e. The molecule has 2 N–H and O–H groups in total. The molecular formula is C14H15FN4O6. The lowest BCUT2D eigenvalue weighted by Crippen LogP contribution is -2.50. The Balaban J connectivity index is 1.70. The van der Waals surface area contributed by atoms with Gasteiger partial charge in [0.2, 0.25) is 11.8 Å². The van der Waals surface area contributed by atoms with Crippen molar-refractivity contribution in [3.8, 4) is 0 Å². The highest BCUT2D eigenvalue weighted by Crippen LogP contribution is 2.30. The highest BCUT2D eigenvalue weighted by Gasteiger charge is 2.48. The number of carboxylic acid groups (broad SMARTS) is 1. The van der Waals surface area contributed by atoms with E-state index >= 15 is 0 Å². The van der Waals surface area contributed by atoms with Crippen LogP contribution in [0.1, 0.15) is 12.8 Å². The van der Waals surface area contributed by atoms with Gasteiger partial charge in [0, 0.05) is 0 Å². The molecule has 0 aliphatic carbocycles. The molecule has 3 rings (SSSR count). The summed E-state index contributed by atoms with van der Waals surface area (Å²) in [5, 5.41) is 11.8. The van der Waals surface area contributed by atoms with Crippen molar-refractivity contribution in [1.82, 2.24) is 20.3 Å². The number of nitrogens with one attached hydrogen (secondary N) is 1. The molecule has 1 saturated heterocycles. The Morgan fingerprint density at radius 3 is 3.00 bits per heavy atom. The summed E-state index contributed by atoms with van der Waals surface area (Å²) >= 11 is 0. The van der Waals surface area contributed by atoms with Crippen LogP contribution in [0.2, 0.25) is 0 Å². The monoisotopic (exact) mass is 354 g/mol. The summed E-state index contributed by atoms with van der Waals surface area (Å²) in [5.74, 6) is -2.00. The summed E-state index contributed by atoms with van der Waals surface area (Å²) in [6.45, 7) is 1.78. The van der Waals surface area contributed by atoms with Crippen molar-refractivity contribution in [1.29, 1.82) is 0 Å². The second-order valence-electron chi connectivity index (χ2n) is 5.54. The second kappa shape index (κ2) is 6.51. The number of fused-ring (bicyclic) bond motifs is 2. The normalized spacial score (nSPS) is 23.4. The minimum atomic E-state index is -2.67. The van der Waals surface area contributed by atoms with Crippen LogP contribution < -0.4 is 5.32 Å². The first-order valence-electron chi connectivity index (χ1n) is 7.36. The highest BCUT2D eigenvalue weighted by atomic mass is 19.1. The Morgan fingerprint density at radius 1 is 1.60 bits per heavy atom. The van der Waals surface area contributed by atoms with Crippen LogP contribution in [0.25, 0.3) is 0 Å². The summed E-state index contributed by atoms with van der Waals surface area (Å²) < 4.78 is 18.3. The van der Waals surface area contributed by atoms with Crippen LogP contribution in [0.4, 0.5) is 9.18 Å². The van der Waals surface area contributed by atoms with E-state index in [0.29, 0.717) is 16.5 Å². The maximum Gasteiger partial charge on any atom is 0.368 e. The Labute approximate surface area is 140 Å². The van der Waals surface area contributed by atoms with Crippen molar-refractivity contribution in [2.75, 3.05) is 6.54 Å². The number of carbonyl (C=O) groups is 3. The zero-order chi connectivity index (χ0) is 18.1. The van der Waals surface area contributed by atoms with Gasteiger partial charge >= 0.3 is 18.4 Å². The van der Waals surface area contributed by atoms with Crippen LogP contribution in [0, 0.1) is 0 Å². The summed E-state index contributed by atoms with van der Waals surface area (Å²) in [6.07, 6.45) is 1.71. The van der Waals surface area contributed by atoms with Gasteiger partial charge in [0.25, 0.3) is 0 Å². The molecule has 1 aromatic heterocycles. The number of hydrogen-bond donors (Lipinski definition) is 2. The van der Waals surface area contributed by atoms with E-state index < -0.39 is 36.3 Å². The van der Waals surface area contributed by atoms with Gasteiger partial charge < -0.3 is 19.7 Å². The molecule has 3 atom stereocenters. The van der Waals surface area contributed by atoms with E-state index in [9.17, 15) is 18.8 Å². The van der Waals surface area contributed by atoms with E-state index in [1.807, 2.05) is 0 Å². The lowest BCUT2D eigenvalue weighted by Gasteiger charge is -2.28. The van der Waals surface area contributed by atoms with E-state index in [1.54, 1.807) is 13.0 Å². The van der Waals surface area contributed by atoms with Gasteiger partial charge in [0.1, 0.15) is 12.3 Å². The Hall–Kier alpha value is -2.95. The van der Waals surface area contributed by atoms with Crippen LogP contribution in [0.3, 0.4) is 0 Å². The van der Waals surface area contributed by atoms with Crippen molar-refractivity contribution < 1.29 is 33.1 Å². The number of halogens is 1. The number of nitrogens with zero attached hydrogens (tertiary/aromatic N) is 3. The van der Waals surface area contributed by atoms with Gasteiger partial charge in [-0.1, -0.05) is 6.08 Å². The number of hydroxylamine groups is 2. The quantitative estimate of drug-likeness (QED) is 0.691. The molecule has 134 valence electrons. The molecule has 2 aliphatic heterocycles. The summed E-state index contributed by atoms with van der Waals surface area (Å²) in [4.78, 5) is 45.0. The molecule has 0 saturated carbocycles. The molecule has 2 bridgehead atoms. The Morgan fingerprint density at radius 2 is 2.36 bits per heavy atom. The number of alkyl halides is 1. The number of carboxylic acids is 1. The molecular weight excluding hydrogens is 339 g/mol. The lowest BCUT2D eigenvalue weighted by atomic mass is 10.00. The first-order valence-corrected chi connectivity index (χ1v) is 7.36. The number of rotatable bonds is 6. The number of aliphatic carboxylic acids is 1. The van der Waals surface area contributed by atoms with Crippen LogP contribution in [0.15, 0.2) is 28.5 Å². The largest absolute Gasteiger partial charge is 0.477 e. The first-order chi connectivity index (χ1) is 11.9. The minimum Gasteiger partial charge on any atom is -0.477 e. The molecule has 3 heterocycles. The fourth-order valence-corrected chi connectivity index (χ4v) is 2.81. The SMILES string of the molecule is CC1=C[C@@H]2CN(C(=O)N2OC(F)C(=O)O)[C@@H]1C(=O)NCc1ncco1. The predicted molar refractivity (Wildman–Crippen MR) is 77.2 cm³/mol. The van der Waals surface area contributed by atoms with Crippen LogP contribution in [0.5, 0.6) is 0 Å². The average Bonchev–Trinajstić information content (AvgIpc) is 3.16. The maximum atomic E-state index is 13.3. The van der Waals surface area contributed by atoms with E-state index in [0.717, 1.165) is 0 Å². The van der Waals surface area contributed by atoms with Crippen LogP contribution >= 0.6 is 0 Å². The summed E-state index contributed by atoms with van der Waals surface area (Å²) in [7, 11) is 0. The number of carbonyl (C=O) groups excluding carboxylic acids is 2. The zero-order valence-electron chi connectivity index (χ0n) is 13.1. The molecule has 11 heteroatoms. The van der Waals surface area contributed by atoms with Crippen molar-refractivity contribution in [3.05, 3.63) is 30.0 Å². The van der Waals surface area contributed by atoms with Gasteiger partial charge in [-0.05, 0) is 12.5 Å². The molecule has 1 aromatic rings. The lowest BCUT2D eigenvalue weighted by molar-refractivity contribution is -0.219. The Bertz CT molecular complexity index is 721. The molecule has 0 spiro atoms. The van der Waals surface area contributed by atoms with E-state index in [1.165, 1.54) is 17.4 Å². The molecule has 0 radical (unpaired) electrons. The fraction of sp³-hybridized carbons (Fsp3) is 0.429. The van der Waals surface area contributed by atoms with Gasteiger partial charge in [-0.3, -0.25) is 4.79 Å². The highest BCUT2D eigenvalue weighted by molar-refractivity contribution is 5.91. The summed E-state index contributed by atoms with van der Waals surface area (Å²) in [5.41, 5.74) is 0.561. The van der Waals surface area contributed by atoms with Gasteiger partial charge in [-0.2, -0.15) is 5.06 Å². The van der Waals surface area contributed by atoms with E-state index in [4.69, 9.17) is 9.52 Å². The number of hydrogen-bond acceptors (Lipinski definition) is 6. The number of aromatic nitrogens is 1. The standard InChI is InChI=1S/C14H15FN4O6/c1-7-4-8-6-18(14(23)19(8)25-11(15)13(21)22)10(7)12(20)17-5-9-16-2-3-24-9/h2-4,8,10-11H,5-6H2,1H3,(H,17,20)(H,21,22)/t8-,10+,11?/m1/s1. The summed E-state index contributed by atoms with van der Waals surface area (Å²) in [6, 6.07) is -2.35. The maximum absolute atomic E-state index is 13.3. The molecule has 25 heavy (non-hydrogen) atoms. The van der Waals surface area contributed by atoms with Gasteiger partial charge in [0.05, 0.1) is 25.3 Å². The number of amides is 3. The number of oxazole rings is 1. The van der Waals surface area contributed by atoms with E-state index in [-0.39, 0.29) is 13.1 Å². The van der Waals surface area contributed by atoms with E-state index in [2.05, 4.69) is 15.1 Å². The van der Waals surface area contributed by atoms with Gasteiger partial charge in [-0.15, -0.1) is 0 Å². The zero-order valence-corrected chi connectivity index (χ0v) is 13.1. The third-order valence-electron chi connectivity index (χ3n) is 3.86. The molecule has 0 aromatic carbocycles. The topological polar surface area (TPSA) is 125 Å². The van der Waals surface area contributed by atoms with Crippen LogP contribution in [-0.4, -0.2) is 62.9 Å². The average molecular weight is 354 g/mol. The third kappa shape index (κ3) is 3.18. The van der Waals surface area contributed by atoms with Crippen molar-refractivity contribution in [2.45, 2.75) is 31.9 Å². The van der Waals surface area contributed by atoms with Crippen LogP contribution in [-0.2, 0) is 21.0 Å². The predicted octanol–water partition coefficient (Wildman–Crippen LogP) is 0.0373. The van der Waals surface area contributed by atoms with Crippen molar-refractivity contribution in [2.24, 2.45) is 0 Å². The fourth-order valence-electron chi connectivity index (χ4n) is 2.81. The Kier molecular flexibility index (Phi) is 4.40. The molecule has 1 fully saturated rings. The molecule has 1 unspecified atom stereocenters. The molecule has 10 nitrogen and oxygen atoms in total. The minimum absolute atomic E-state index is 0.0485. The first kappa shape index (κ1) is 16.9. The third-order valence-corrected chi connectivity index (χ3v) is 3.86. The number of urea groups is 1. The van der Waals surface area contributed by atoms with Crippen molar-refractivity contribution >= 4 is 17.9 Å². The van der Waals surface area contributed by atoms with Gasteiger partial charge in [0.15, 0.2) is 0 Å². The molecule has 2 aliphatic rings. The second-order valence-corrected chi connectivity index (χ2v) is 5.54. The van der Waals surface area contributed by atoms with Crippen molar-refractivity contribution in [3.63, 3.8) is 0 Å².